The largest absolute Gasteiger partial charge is 0.492 e. The maximum atomic E-state index is 13.9. The molecular formula is C19H18F2N4O2S2. The number of halogens is 2. The van der Waals surface area contributed by atoms with Gasteiger partial charge in [0, 0.05) is 34.3 Å². The fraction of sp³-hybridized carbons (Fsp3) is 0.211. The van der Waals surface area contributed by atoms with Gasteiger partial charge in [-0.1, -0.05) is 36.1 Å². The Morgan fingerprint density at radius 1 is 1.21 bits per heavy atom. The minimum Gasteiger partial charge on any atom is -0.492 e. The van der Waals surface area contributed by atoms with Gasteiger partial charge in [0.2, 0.25) is 5.88 Å². The number of nitrogens with zero attached hydrogens (tertiary/aromatic N) is 3. The van der Waals surface area contributed by atoms with Crippen molar-refractivity contribution in [3.8, 4) is 11.6 Å². The molecular weight excluding hydrogens is 418 g/mol. The molecule has 3 rings (SSSR count). The first-order valence-corrected chi connectivity index (χ1v) is 10.0. The molecule has 3 aromatic rings. The molecule has 152 valence electrons. The lowest BCUT2D eigenvalue weighted by Crippen LogP contribution is -2.21. The molecule has 2 aromatic heterocycles. The van der Waals surface area contributed by atoms with E-state index in [1.54, 1.807) is 36.0 Å². The summed E-state index contributed by atoms with van der Waals surface area (Å²) < 4.78 is 29.5. The van der Waals surface area contributed by atoms with Crippen molar-refractivity contribution in [1.82, 2.24) is 14.5 Å². The van der Waals surface area contributed by atoms with E-state index in [1.807, 2.05) is 0 Å². The molecule has 10 heteroatoms. The van der Waals surface area contributed by atoms with Crippen molar-refractivity contribution >= 4 is 29.8 Å². The molecule has 0 radical (unpaired) electrons. The minimum absolute atomic E-state index is 0.0785. The van der Waals surface area contributed by atoms with Crippen molar-refractivity contribution in [2.45, 2.75) is 23.9 Å². The van der Waals surface area contributed by atoms with Gasteiger partial charge in [-0.15, -0.1) is 0 Å². The number of thioether (sulfide) groups is 1. The summed E-state index contributed by atoms with van der Waals surface area (Å²) in [6.45, 7) is 1.59. The number of hydrogen-bond acceptors (Lipinski definition) is 7. The van der Waals surface area contributed by atoms with E-state index in [9.17, 15) is 19.0 Å². The van der Waals surface area contributed by atoms with E-state index in [-0.39, 0.29) is 46.5 Å². The molecule has 29 heavy (non-hydrogen) atoms. The molecule has 0 aliphatic carbocycles. The second-order valence-electron chi connectivity index (χ2n) is 6.20. The predicted octanol–water partition coefficient (Wildman–Crippen LogP) is 4.07. The van der Waals surface area contributed by atoms with Crippen molar-refractivity contribution in [3.63, 3.8) is 0 Å². The number of pyridine rings is 1. The van der Waals surface area contributed by atoms with Gasteiger partial charge in [-0.25, -0.2) is 13.8 Å². The Bertz CT molecular complexity index is 1060. The normalized spacial score (nSPS) is 12.0. The van der Waals surface area contributed by atoms with E-state index in [0.717, 1.165) is 17.8 Å². The maximum absolute atomic E-state index is 13.9. The first-order chi connectivity index (χ1) is 13.9. The van der Waals surface area contributed by atoms with Crippen LogP contribution in [0, 0.1) is 16.1 Å². The van der Waals surface area contributed by atoms with Gasteiger partial charge in [-0.3, -0.25) is 0 Å². The van der Waals surface area contributed by atoms with Gasteiger partial charge in [0.05, 0.1) is 6.61 Å². The lowest BCUT2D eigenvalue weighted by atomic mass is 10.2. The highest BCUT2D eigenvalue weighted by atomic mass is 32.2. The van der Waals surface area contributed by atoms with Crippen LogP contribution < -0.4 is 5.32 Å². The summed E-state index contributed by atoms with van der Waals surface area (Å²) in [7, 11) is 0. The molecule has 0 fully saturated rings. The topological polar surface area (TPSA) is 83.2 Å². The third-order valence-corrected chi connectivity index (χ3v) is 5.12. The van der Waals surface area contributed by atoms with Gasteiger partial charge in [-0.05, 0) is 25.1 Å². The number of nitrogens with one attached hydrogen (secondary N) is 1. The van der Waals surface area contributed by atoms with E-state index in [2.05, 4.69) is 15.3 Å². The molecule has 2 heterocycles. The number of aromatic hydroxyl groups is 1. The molecule has 0 unspecified atom stereocenters. The van der Waals surface area contributed by atoms with Gasteiger partial charge in [-0.2, -0.15) is 4.98 Å². The molecule has 0 spiro atoms. The van der Waals surface area contributed by atoms with Crippen LogP contribution in [0.5, 0.6) is 5.88 Å². The van der Waals surface area contributed by atoms with Crippen molar-refractivity contribution in [1.29, 1.82) is 0 Å². The highest BCUT2D eigenvalue weighted by Crippen LogP contribution is 2.31. The van der Waals surface area contributed by atoms with Gasteiger partial charge in [0.1, 0.15) is 0 Å². The van der Waals surface area contributed by atoms with E-state index in [4.69, 9.17) is 12.2 Å². The van der Waals surface area contributed by atoms with Gasteiger partial charge in [0.15, 0.2) is 28.3 Å². The number of aliphatic hydroxyl groups is 1. The maximum Gasteiger partial charge on any atom is 0.242 e. The zero-order valence-corrected chi connectivity index (χ0v) is 17.0. The summed E-state index contributed by atoms with van der Waals surface area (Å²) in [6.07, 6.45) is 3.31. The van der Waals surface area contributed by atoms with Crippen LogP contribution in [-0.4, -0.2) is 37.4 Å². The Hall–Kier alpha value is -2.56. The number of aliphatic hydroxyl groups excluding tert-OH is 1. The van der Waals surface area contributed by atoms with Crippen LogP contribution in [0.2, 0.25) is 0 Å². The van der Waals surface area contributed by atoms with Crippen LogP contribution in [0.4, 0.5) is 14.6 Å². The Morgan fingerprint density at radius 2 is 1.93 bits per heavy atom. The Labute approximate surface area is 175 Å². The molecule has 0 aliphatic heterocycles. The van der Waals surface area contributed by atoms with E-state index in [1.165, 1.54) is 12.1 Å². The average Bonchev–Trinajstić information content (AvgIpc) is 2.70. The van der Waals surface area contributed by atoms with Crippen LogP contribution in [0.25, 0.3) is 5.69 Å². The lowest BCUT2D eigenvalue weighted by Gasteiger charge is -2.18. The quantitative estimate of drug-likeness (QED) is 0.293. The number of aromatic nitrogens is 3. The van der Waals surface area contributed by atoms with Crippen molar-refractivity contribution in [2.24, 2.45) is 0 Å². The fourth-order valence-electron chi connectivity index (χ4n) is 2.47. The fourth-order valence-corrected chi connectivity index (χ4v) is 3.41. The number of benzene rings is 1. The Balaban J connectivity index is 1.96. The lowest BCUT2D eigenvalue weighted by molar-refractivity contribution is 0.281. The summed E-state index contributed by atoms with van der Waals surface area (Å²) in [6, 6.07) is 6.96. The first-order valence-electron chi connectivity index (χ1n) is 8.62. The van der Waals surface area contributed by atoms with Crippen molar-refractivity contribution in [3.05, 3.63) is 64.4 Å². The van der Waals surface area contributed by atoms with Gasteiger partial charge in [0.25, 0.3) is 0 Å². The van der Waals surface area contributed by atoms with Crippen molar-refractivity contribution < 1.29 is 19.0 Å². The average molecular weight is 437 g/mol. The van der Waals surface area contributed by atoms with E-state index in [0.29, 0.717) is 4.51 Å². The Kier molecular flexibility index (Phi) is 6.78. The zero-order chi connectivity index (χ0) is 21.0. The van der Waals surface area contributed by atoms with Crippen LogP contribution >= 0.6 is 24.0 Å². The highest BCUT2D eigenvalue weighted by Gasteiger charge is 2.18. The van der Waals surface area contributed by atoms with Gasteiger partial charge < -0.3 is 20.1 Å². The number of rotatable bonds is 7. The van der Waals surface area contributed by atoms with E-state index >= 15 is 0 Å². The summed E-state index contributed by atoms with van der Waals surface area (Å²) in [5.74, 6) is -1.80. The molecule has 0 saturated carbocycles. The molecule has 0 amide bonds. The molecule has 1 aromatic carbocycles. The summed E-state index contributed by atoms with van der Waals surface area (Å²) >= 11 is 6.13. The van der Waals surface area contributed by atoms with Crippen LogP contribution in [0.15, 0.2) is 47.9 Å². The molecule has 1 atom stereocenters. The van der Waals surface area contributed by atoms with Crippen LogP contribution in [-0.2, 0) is 5.75 Å². The van der Waals surface area contributed by atoms with Crippen molar-refractivity contribution in [2.75, 3.05) is 11.9 Å². The number of hydrogen-bond donors (Lipinski definition) is 3. The van der Waals surface area contributed by atoms with E-state index < -0.39 is 11.6 Å². The molecule has 0 saturated heterocycles. The van der Waals surface area contributed by atoms with Crippen LogP contribution in [0.1, 0.15) is 12.5 Å². The standard InChI is InChI=1S/C19H18F2N4O2S2/c1-11(9-26)22-17-16(25-7-5-13(28)6-8-25)18(27)24-19(23-17)29-10-12-3-2-4-14(20)15(12)21/h2-8,11,26H,9-10H2,1H3,(H2,22,23,24,27)/t11-/m1/s1. The van der Waals surface area contributed by atoms with Crippen LogP contribution in [0.3, 0.4) is 0 Å². The molecule has 6 nitrogen and oxygen atoms in total. The third kappa shape index (κ3) is 5.08. The predicted molar refractivity (Wildman–Crippen MR) is 110 cm³/mol. The monoisotopic (exact) mass is 436 g/mol. The van der Waals surface area contributed by atoms with Gasteiger partial charge >= 0.3 is 0 Å². The smallest absolute Gasteiger partial charge is 0.242 e. The second kappa shape index (κ2) is 9.29. The SMILES string of the molecule is C[C@H](CO)Nc1nc(SCc2cccc(F)c2F)nc(O)c1-n1ccc(=S)cc1. The Morgan fingerprint density at radius 3 is 2.62 bits per heavy atom. The molecule has 0 aliphatic rings. The second-order valence-corrected chi connectivity index (χ2v) is 7.61. The summed E-state index contributed by atoms with van der Waals surface area (Å²) in [5, 5.41) is 23.1. The molecule has 0 bridgehead atoms. The first kappa shape index (κ1) is 21.2. The summed E-state index contributed by atoms with van der Waals surface area (Å²) in [5.41, 5.74) is 0.442. The molecule has 3 N–H and O–H groups in total. The zero-order valence-electron chi connectivity index (χ0n) is 15.3. The number of anilines is 1. The highest BCUT2D eigenvalue weighted by molar-refractivity contribution is 7.98. The minimum atomic E-state index is -0.928. The third-order valence-electron chi connectivity index (χ3n) is 3.95. The summed E-state index contributed by atoms with van der Waals surface area (Å²) in [4.78, 5) is 8.47.